The number of furan rings is 1. The van der Waals surface area contributed by atoms with Crippen molar-refractivity contribution in [3.8, 4) is 0 Å². The lowest BCUT2D eigenvalue weighted by Crippen LogP contribution is -2.53. The fraction of sp³-hybridized carbons (Fsp3) is 0.478. The number of morpholine rings is 1. The Labute approximate surface area is 176 Å². The van der Waals surface area contributed by atoms with Crippen molar-refractivity contribution in [3.05, 3.63) is 54.0 Å². The van der Waals surface area contributed by atoms with Gasteiger partial charge in [0.2, 0.25) is 5.91 Å². The molecule has 2 aliphatic rings. The van der Waals surface area contributed by atoms with Crippen LogP contribution in [0.1, 0.15) is 54.3 Å². The number of hydrogen-bond acceptors (Lipinski definition) is 5. The summed E-state index contributed by atoms with van der Waals surface area (Å²) in [5, 5.41) is 13.8. The van der Waals surface area contributed by atoms with Gasteiger partial charge in [-0.1, -0.05) is 31.4 Å². The molecule has 2 fully saturated rings. The van der Waals surface area contributed by atoms with Crippen molar-refractivity contribution in [2.24, 2.45) is 5.92 Å². The molecule has 2 aromatic rings. The summed E-state index contributed by atoms with van der Waals surface area (Å²) in [4.78, 5) is 26.4. The van der Waals surface area contributed by atoms with Crippen LogP contribution in [0.15, 0.2) is 47.1 Å². The minimum Gasteiger partial charge on any atom is -0.459 e. The van der Waals surface area contributed by atoms with Gasteiger partial charge in [0.05, 0.1) is 18.9 Å². The van der Waals surface area contributed by atoms with E-state index in [1.54, 1.807) is 36.4 Å². The largest absolute Gasteiger partial charge is 0.459 e. The Balaban J connectivity index is 1.42. The molecule has 2 amide bonds. The smallest absolute Gasteiger partial charge is 0.291 e. The number of ether oxygens (including phenoxy) is 1. The van der Waals surface area contributed by atoms with E-state index in [1.807, 2.05) is 4.90 Å². The van der Waals surface area contributed by atoms with E-state index < -0.39 is 12.1 Å². The van der Waals surface area contributed by atoms with Crippen molar-refractivity contribution in [2.75, 3.05) is 25.1 Å². The van der Waals surface area contributed by atoms with E-state index in [9.17, 15) is 14.7 Å². The van der Waals surface area contributed by atoms with Gasteiger partial charge < -0.3 is 24.5 Å². The molecule has 0 spiro atoms. The van der Waals surface area contributed by atoms with E-state index in [0.717, 1.165) is 12.8 Å². The predicted octanol–water partition coefficient (Wildman–Crippen LogP) is 3.37. The summed E-state index contributed by atoms with van der Waals surface area (Å²) in [5.41, 5.74) is 1.28. The highest BCUT2D eigenvalue weighted by atomic mass is 16.5. The molecule has 7 heteroatoms. The second-order valence-electron chi connectivity index (χ2n) is 8.13. The van der Waals surface area contributed by atoms with Crippen LogP contribution in [-0.2, 0) is 9.53 Å². The topological polar surface area (TPSA) is 92.0 Å². The number of amides is 2. The lowest BCUT2D eigenvalue weighted by atomic mass is 9.88. The molecule has 0 unspecified atom stereocenters. The van der Waals surface area contributed by atoms with Gasteiger partial charge >= 0.3 is 0 Å². The minimum absolute atomic E-state index is 0.0572. The maximum absolute atomic E-state index is 12.5. The van der Waals surface area contributed by atoms with Crippen LogP contribution in [0, 0.1) is 5.92 Å². The zero-order valence-corrected chi connectivity index (χ0v) is 17.0. The maximum Gasteiger partial charge on any atom is 0.291 e. The van der Waals surface area contributed by atoms with Crippen LogP contribution < -0.4 is 5.32 Å². The van der Waals surface area contributed by atoms with Crippen molar-refractivity contribution in [1.29, 1.82) is 0 Å². The summed E-state index contributed by atoms with van der Waals surface area (Å²) < 4.78 is 10.5. The van der Waals surface area contributed by atoms with Crippen molar-refractivity contribution in [2.45, 2.75) is 44.2 Å². The summed E-state index contributed by atoms with van der Waals surface area (Å²) in [5.74, 6) is 0.335. The molecule has 2 heterocycles. The second-order valence-corrected chi connectivity index (χ2v) is 8.13. The molecule has 1 saturated heterocycles. The van der Waals surface area contributed by atoms with Gasteiger partial charge in [-0.2, -0.15) is 0 Å². The second kappa shape index (κ2) is 9.45. The SMILES string of the molecule is O=C(Nc1ccc([C@@H](O)[C@H]2COCC(=O)N2CC2CCCCC2)cc1)c1ccco1. The van der Waals surface area contributed by atoms with Crippen LogP contribution >= 0.6 is 0 Å². The summed E-state index contributed by atoms with van der Waals surface area (Å²) in [6.07, 6.45) is 6.55. The van der Waals surface area contributed by atoms with Crippen LogP contribution in [0.25, 0.3) is 0 Å². The zero-order valence-electron chi connectivity index (χ0n) is 17.0. The standard InChI is InChI=1S/C23H28N2O5/c26-21-15-29-14-19(25(21)13-16-5-2-1-3-6-16)22(27)17-8-10-18(11-9-17)24-23(28)20-7-4-12-30-20/h4,7-12,16,19,22,27H,1-3,5-6,13-15H2,(H,24,28)/t19-,22-/m1/s1. The molecule has 0 bridgehead atoms. The Morgan fingerprint density at radius 1 is 1.17 bits per heavy atom. The first-order chi connectivity index (χ1) is 14.6. The molecular weight excluding hydrogens is 384 g/mol. The Kier molecular flexibility index (Phi) is 6.50. The molecule has 7 nitrogen and oxygen atoms in total. The van der Waals surface area contributed by atoms with Gasteiger partial charge in [0.15, 0.2) is 5.76 Å². The molecule has 4 rings (SSSR count). The molecule has 1 aliphatic heterocycles. The van der Waals surface area contributed by atoms with E-state index in [-0.39, 0.29) is 24.2 Å². The third kappa shape index (κ3) is 4.74. The third-order valence-electron chi connectivity index (χ3n) is 6.03. The number of carbonyl (C=O) groups is 2. The summed E-state index contributed by atoms with van der Waals surface area (Å²) >= 11 is 0. The van der Waals surface area contributed by atoms with Crippen molar-refractivity contribution < 1.29 is 23.8 Å². The van der Waals surface area contributed by atoms with Gasteiger partial charge in [0, 0.05) is 12.2 Å². The summed E-state index contributed by atoms with van der Waals surface area (Å²) in [6.45, 7) is 1.07. The average Bonchev–Trinajstić information content (AvgIpc) is 3.31. The molecule has 0 radical (unpaired) electrons. The quantitative estimate of drug-likeness (QED) is 0.759. The number of carbonyl (C=O) groups excluding carboxylic acids is 2. The highest BCUT2D eigenvalue weighted by Gasteiger charge is 2.36. The van der Waals surface area contributed by atoms with Crippen LogP contribution in [0.3, 0.4) is 0 Å². The van der Waals surface area contributed by atoms with Crippen LogP contribution in [0.2, 0.25) is 0 Å². The zero-order chi connectivity index (χ0) is 20.9. The lowest BCUT2D eigenvalue weighted by Gasteiger charge is -2.40. The lowest BCUT2D eigenvalue weighted by molar-refractivity contribution is -0.155. The average molecular weight is 412 g/mol. The monoisotopic (exact) mass is 412 g/mol. The van der Waals surface area contributed by atoms with Crippen molar-refractivity contribution in [1.82, 2.24) is 4.90 Å². The normalized spacial score (nSPS) is 21.4. The van der Waals surface area contributed by atoms with Gasteiger partial charge in [-0.15, -0.1) is 0 Å². The first kappa shape index (κ1) is 20.6. The molecule has 1 aromatic heterocycles. The number of hydrogen-bond donors (Lipinski definition) is 2. The minimum atomic E-state index is -0.854. The molecule has 30 heavy (non-hydrogen) atoms. The highest BCUT2D eigenvalue weighted by Crippen LogP contribution is 2.30. The van der Waals surface area contributed by atoms with Crippen LogP contribution in [0.5, 0.6) is 0 Å². The van der Waals surface area contributed by atoms with E-state index in [4.69, 9.17) is 9.15 Å². The van der Waals surface area contributed by atoms with E-state index in [2.05, 4.69) is 5.32 Å². The number of nitrogens with one attached hydrogen (secondary N) is 1. The molecule has 160 valence electrons. The fourth-order valence-electron chi connectivity index (χ4n) is 4.36. The van der Waals surface area contributed by atoms with E-state index in [0.29, 0.717) is 30.3 Å². The Hall–Kier alpha value is -2.64. The highest BCUT2D eigenvalue weighted by molar-refractivity contribution is 6.02. The fourth-order valence-corrected chi connectivity index (χ4v) is 4.36. The molecule has 2 N–H and O–H groups in total. The number of aliphatic hydroxyl groups is 1. The molecule has 1 aliphatic carbocycles. The van der Waals surface area contributed by atoms with Gasteiger partial charge in [0.25, 0.3) is 5.91 Å². The van der Waals surface area contributed by atoms with Crippen LogP contribution in [0.4, 0.5) is 5.69 Å². The van der Waals surface area contributed by atoms with Crippen molar-refractivity contribution >= 4 is 17.5 Å². The number of aliphatic hydroxyl groups excluding tert-OH is 1. The summed E-state index contributed by atoms with van der Waals surface area (Å²) in [7, 11) is 0. The van der Waals surface area contributed by atoms with Gasteiger partial charge in [-0.3, -0.25) is 9.59 Å². The Morgan fingerprint density at radius 3 is 2.63 bits per heavy atom. The molecule has 1 aromatic carbocycles. The first-order valence-electron chi connectivity index (χ1n) is 10.6. The summed E-state index contributed by atoms with van der Waals surface area (Å²) in [6, 6.07) is 9.83. The molecule has 1 saturated carbocycles. The molecule has 2 atom stereocenters. The van der Waals surface area contributed by atoms with Gasteiger partial charge in [-0.25, -0.2) is 0 Å². The number of nitrogens with zero attached hydrogens (tertiary/aromatic N) is 1. The third-order valence-corrected chi connectivity index (χ3v) is 6.03. The predicted molar refractivity (Wildman–Crippen MR) is 111 cm³/mol. The Morgan fingerprint density at radius 2 is 1.93 bits per heavy atom. The molecular formula is C23H28N2O5. The Bertz CT molecular complexity index is 843. The number of benzene rings is 1. The number of rotatable bonds is 6. The first-order valence-corrected chi connectivity index (χ1v) is 10.6. The van der Waals surface area contributed by atoms with E-state index >= 15 is 0 Å². The van der Waals surface area contributed by atoms with Crippen LogP contribution in [-0.4, -0.2) is 47.6 Å². The van der Waals surface area contributed by atoms with E-state index in [1.165, 1.54) is 25.5 Å². The maximum atomic E-state index is 12.5. The van der Waals surface area contributed by atoms with Gasteiger partial charge in [-0.05, 0) is 48.6 Å². The van der Waals surface area contributed by atoms with Crippen molar-refractivity contribution in [3.63, 3.8) is 0 Å². The number of anilines is 1. The van der Waals surface area contributed by atoms with Gasteiger partial charge in [0.1, 0.15) is 12.7 Å².